The van der Waals surface area contributed by atoms with Crippen molar-refractivity contribution in [1.82, 2.24) is 14.9 Å². The third kappa shape index (κ3) is 4.58. The summed E-state index contributed by atoms with van der Waals surface area (Å²) in [6.45, 7) is 2.94. The van der Waals surface area contributed by atoms with Gasteiger partial charge in [-0.2, -0.15) is 0 Å². The molecule has 0 spiro atoms. The van der Waals surface area contributed by atoms with Crippen molar-refractivity contribution >= 4 is 29.6 Å². The first kappa shape index (κ1) is 22.6. The van der Waals surface area contributed by atoms with Crippen LogP contribution in [0.25, 0.3) is 0 Å². The third-order valence-corrected chi connectivity index (χ3v) is 9.30. The van der Waals surface area contributed by atoms with Gasteiger partial charge in [-0.15, -0.1) is 11.8 Å². The van der Waals surface area contributed by atoms with E-state index in [-0.39, 0.29) is 23.8 Å². The first-order valence-corrected chi connectivity index (χ1v) is 13.5. The van der Waals surface area contributed by atoms with E-state index in [0.717, 1.165) is 36.9 Å². The molecule has 2 saturated heterocycles. The van der Waals surface area contributed by atoms with Gasteiger partial charge >= 0.3 is 6.16 Å². The van der Waals surface area contributed by atoms with Gasteiger partial charge in [0.05, 0.1) is 5.56 Å². The summed E-state index contributed by atoms with van der Waals surface area (Å²) in [4.78, 5) is 37.9. The zero-order valence-electron chi connectivity index (χ0n) is 19.6. The summed E-state index contributed by atoms with van der Waals surface area (Å²) >= 11 is 1.76. The molecular weight excluding hydrogens is 464 g/mol. The molecule has 4 heterocycles. The highest BCUT2D eigenvalue weighted by atomic mass is 32.2. The van der Waals surface area contributed by atoms with Gasteiger partial charge in [0.2, 0.25) is 0 Å². The van der Waals surface area contributed by atoms with Gasteiger partial charge in [0.25, 0.3) is 5.91 Å². The second kappa shape index (κ2) is 9.33. The fraction of sp³-hybridized carbons (Fsp3) is 0.538. The Balaban J connectivity index is 1.19. The van der Waals surface area contributed by atoms with Gasteiger partial charge in [-0.25, -0.2) is 9.78 Å². The fourth-order valence-corrected chi connectivity index (χ4v) is 7.29. The number of fused-ring (bicyclic) bond motifs is 1. The second-order valence-corrected chi connectivity index (χ2v) is 11.4. The van der Waals surface area contributed by atoms with Crippen molar-refractivity contribution in [3.63, 3.8) is 0 Å². The molecule has 0 bridgehead atoms. The number of ether oxygens (including phenoxy) is 1. The third-order valence-electron chi connectivity index (χ3n) is 7.96. The molecule has 0 aromatic carbocycles. The van der Waals surface area contributed by atoms with Crippen LogP contribution in [0.5, 0.6) is 0 Å². The van der Waals surface area contributed by atoms with Crippen molar-refractivity contribution in [3.8, 4) is 0 Å². The minimum absolute atomic E-state index is 0.0649. The lowest BCUT2D eigenvalue weighted by Gasteiger charge is -2.24. The number of likely N-dealkylation sites (tertiary alicyclic amines) is 1. The molecule has 4 atom stereocenters. The molecule has 1 amide bonds. The Labute approximate surface area is 209 Å². The minimum Gasteiger partial charge on any atom is -0.450 e. The molecule has 0 radical (unpaired) electrons. The Bertz CT molecular complexity index is 1100. The molecule has 9 heteroatoms. The number of carbonyl (C=O) groups is 2. The van der Waals surface area contributed by atoms with Crippen LogP contribution in [0.15, 0.2) is 41.7 Å². The molecule has 4 fully saturated rings. The highest BCUT2D eigenvalue weighted by Crippen LogP contribution is 2.49. The molecule has 184 valence electrons. The van der Waals surface area contributed by atoms with E-state index in [1.807, 2.05) is 29.3 Å². The minimum atomic E-state index is -1.19. The largest absolute Gasteiger partial charge is 0.506 e. The molecule has 35 heavy (non-hydrogen) atoms. The summed E-state index contributed by atoms with van der Waals surface area (Å²) in [5.74, 6) is 1.75. The van der Waals surface area contributed by atoms with Gasteiger partial charge in [0.1, 0.15) is 16.9 Å². The first-order valence-electron chi connectivity index (χ1n) is 12.6. The normalized spacial score (nSPS) is 27.8. The maximum atomic E-state index is 13.6. The standard InChI is InChI=1S/C26H30N4O4S/c31-25(29-11-9-17(13-29)16-4-3-10-27-12-16)19-7-8-22(28-24(19)35-18-5-1-2-6-18)30-14-20-21(15-30)23(20)34-26(32)33/h3-4,7-8,10,12,17-18,20-21,23H,1-2,5-6,9,11,13-15H2,(H,32,33)/t17?,20-,21+,23-. The average Bonchev–Trinajstić information content (AvgIpc) is 3.42. The van der Waals surface area contributed by atoms with E-state index in [2.05, 4.69) is 16.0 Å². The van der Waals surface area contributed by atoms with Crippen molar-refractivity contribution in [2.75, 3.05) is 31.1 Å². The second-order valence-electron chi connectivity index (χ2n) is 10.2. The Hall–Kier alpha value is -2.81. The molecule has 4 aliphatic rings. The van der Waals surface area contributed by atoms with Crippen molar-refractivity contribution in [2.24, 2.45) is 11.8 Å². The average molecular weight is 495 g/mol. The quantitative estimate of drug-likeness (QED) is 0.595. The van der Waals surface area contributed by atoms with E-state index in [1.54, 1.807) is 18.0 Å². The number of nitrogens with zero attached hydrogens (tertiary/aromatic N) is 4. The molecule has 2 aliphatic heterocycles. The number of pyridine rings is 2. The number of hydrogen-bond donors (Lipinski definition) is 1. The molecule has 2 saturated carbocycles. The number of amides is 1. The molecule has 2 aliphatic carbocycles. The van der Waals surface area contributed by atoms with E-state index in [4.69, 9.17) is 14.8 Å². The predicted molar refractivity (Wildman–Crippen MR) is 132 cm³/mol. The van der Waals surface area contributed by atoms with E-state index in [1.165, 1.54) is 31.2 Å². The van der Waals surface area contributed by atoms with Crippen LogP contribution in [-0.4, -0.2) is 69.6 Å². The van der Waals surface area contributed by atoms with E-state index in [9.17, 15) is 9.59 Å². The lowest BCUT2D eigenvalue weighted by molar-refractivity contribution is 0.0755. The predicted octanol–water partition coefficient (Wildman–Crippen LogP) is 4.27. The number of hydrogen-bond acceptors (Lipinski definition) is 7. The smallest absolute Gasteiger partial charge is 0.450 e. The zero-order valence-corrected chi connectivity index (χ0v) is 20.4. The van der Waals surface area contributed by atoms with Gasteiger partial charge in [0.15, 0.2) is 0 Å². The summed E-state index contributed by atoms with van der Waals surface area (Å²) in [5, 5.41) is 10.2. The Kier molecular flexibility index (Phi) is 6.04. The molecular formula is C26H30N4O4S. The lowest BCUT2D eigenvalue weighted by Crippen LogP contribution is -2.30. The molecule has 1 N–H and O–H groups in total. The van der Waals surface area contributed by atoms with Crippen LogP contribution < -0.4 is 4.90 Å². The maximum Gasteiger partial charge on any atom is 0.506 e. The van der Waals surface area contributed by atoms with Gasteiger partial charge < -0.3 is 19.6 Å². The van der Waals surface area contributed by atoms with Gasteiger partial charge in [-0.05, 0) is 43.0 Å². The van der Waals surface area contributed by atoms with Crippen LogP contribution in [0.1, 0.15) is 53.9 Å². The maximum absolute atomic E-state index is 13.6. The Morgan fingerprint density at radius 2 is 1.86 bits per heavy atom. The SMILES string of the molecule is O=C(O)O[C@@H]1[C@@H]2CN(c3ccc(C(=O)N4CCC(c5cccnc5)C4)c(SC4CCCC4)n3)C[C@@H]21. The van der Waals surface area contributed by atoms with Gasteiger partial charge in [0, 0.05) is 61.6 Å². The van der Waals surface area contributed by atoms with Crippen molar-refractivity contribution in [2.45, 2.75) is 54.4 Å². The molecule has 8 nitrogen and oxygen atoms in total. The van der Waals surface area contributed by atoms with Crippen LogP contribution >= 0.6 is 11.8 Å². The summed E-state index contributed by atoms with van der Waals surface area (Å²) in [6.07, 6.45) is 8.06. The van der Waals surface area contributed by atoms with Crippen LogP contribution in [0, 0.1) is 11.8 Å². The summed E-state index contributed by atoms with van der Waals surface area (Å²) < 4.78 is 4.98. The zero-order chi connectivity index (χ0) is 23.9. The lowest BCUT2D eigenvalue weighted by atomic mass is 10.0. The van der Waals surface area contributed by atoms with Crippen LogP contribution in [0.3, 0.4) is 0 Å². The summed E-state index contributed by atoms with van der Waals surface area (Å²) in [6, 6.07) is 7.96. The Morgan fingerprint density at radius 3 is 2.57 bits per heavy atom. The number of rotatable bonds is 6. The van der Waals surface area contributed by atoms with Crippen molar-refractivity contribution in [1.29, 1.82) is 0 Å². The van der Waals surface area contributed by atoms with E-state index >= 15 is 0 Å². The van der Waals surface area contributed by atoms with E-state index < -0.39 is 6.16 Å². The molecule has 2 aromatic rings. The Morgan fingerprint density at radius 1 is 1.06 bits per heavy atom. The summed E-state index contributed by atoms with van der Waals surface area (Å²) in [5.41, 5.74) is 1.89. The molecule has 2 aromatic heterocycles. The number of carbonyl (C=O) groups excluding carboxylic acids is 1. The van der Waals surface area contributed by atoms with Crippen LogP contribution in [0.2, 0.25) is 0 Å². The fourth-order valence-electron chi connectivity index (χ4n) is 5.98. The first-order chi connectivity index (χ1) is 17.1. The van der Waals surface area contributed by atoms with Crippen LogP contribution in [-0.2, 0) is 4.74 Å². The number of piperidine rings is 1. The number of anilines is 1. The van der Waals surface area contributed by atoms with Gasteiger partial charge in [-0.1, -0.05) is 18.9 Å². The number of thioether (sulfide) groups is 1. The molecule has 6 rings (SSSR count). The summed E-state index contributed by atoms with van der Waals surface area (Å²) in [7, 11) is 0. The number of carboxylic acid groups (broad SMARTS) is 1. The van der Waals surface area contributed by atoms with E-state index in [0.29, 0.717) is 23.3 Å². The van der Waals surface area contributed by atoms with Crippen molar-refractivity contribution in [3.05, 3.63) is 47.8 Å². The highest BCUT2D eigenvalue weighted by molar-refractivity contribution is 7.99. The van der Waals surface area contributed by atoms with Gasteiger partial charge in [-0.3, -0.25) is 9.78 Å². The monoisotopic (exact) mass is 494 g/mol. The van der Waals surface area contributed by atoms with Crippen molar-refractivity contribution < 1.29 is 19.4 Å². The molecule has 1 unspecified atom stereocenters. The highest BCUT2D eigenvalue weighted by Gasteiger charge is 2.59. The topological polar surface area (TPSA) is 95.9 Å². The van der Waals surface area contributed by atoms with Crippen LogP contribution in [0.4, 0.5) is 10.6 Å². The number of aromatic nitrogens is 2.